The predicted octanol–water partition coefficient (Wildman–Crippen LogP) is 5.24. The summed E-state index contributed by atoms with van der Waals surface area (Å²) >= 11 is 6.66. The number of amides is 1. The van der Waals surface area contributed by atoms with Gasteiger partial charge in [0.05, 0.1) is 10.6 Å². The molecule has 0 aliphatic carbocycles. The summed E-state index contributed by atoms with van der Waals surface area (Å²) in [7, 11) is 0. The zero-order valence-electron chi connectivity index (χ0n) is 14.4. The summed E-state index contributed by atoms with van der Waals surface area (Å²) in [6.45, 7) is 3.46. The number of nitrogens with zero attached hydrogens (tertiary/aromatic N) is 1. The number of anilines is 1. The Morgan fingerprint density at radius 1 is 1.08 bits per heavy atom. The summed E-state index contributed by atoms with van der Waals surface area (Å²) in [4.78, 5) is 26.5. The quantitative estimate of drug-likeness (QED) is 0.413. The standard InChI is InChI=1S/C21H17NO2S2/c1-14(11-16-7-4-3-5-8-16)12-19-20(24)22(21(25)26-19)18-10-6-9-17(13-18)15(2)23/h3-13H,1-2H3/b14-11+,19-12-. The topological polar surface area (TPSA) is 37.4 Å². The fraction of sp³-hybridized carbons (Fsp3) is 0.0952. The molecule has 0 saturated carbocycles. The molecule has 1 aliphatic rings. The maximum absolute atomic E-state index is 12.8. The second-order valence-electron chi connectivity index (χ2n) is 5.92. The maximum Gasteiger partial charge on any atom is 0.270 e. The van der Waals surface area contributed by atoms with Crippen LogP contribution in [0.25, 0.3) is 6.08 Å². The lowest BCUT2D eigenvalue weighted by molar-refractivity contribution is -0.113. The molecule has 1 aliphatic heterocycles. The maximum atomic E-state index is 12.8. The van der Waals surface area contributed by atoms with E-state index in [0.29, 0.717) is 20.5 Å². The molecule has 26 heavy (non-hydrogen) atoms. The second-order valence-corrected chi connectivity index (χ2v) is 7.60. The Bertz CT molecular complexity index is 945. The Morgan fingerprint density at radius 3 is 2.50 bits per heavy atom. The third-order valence-electron chi connectivity index (χ3n) is 3.86. The minimum absolute atomic E-state index is 0.0468. The molecule has 0 bridgehead atoms. The normalized spacial score (nSPS) is 16.5. The summed E-state index contributed by atoms with van der Waals surface area (Å²) in [6, 6.07) is 16.9. The van der Waals surface area contributed by atoms with Gasteiger partial charge in [0.15, 0.2) is 10.1 Å². The van der Waals surface area contributed by atoms with E-state index in [9.17, 15) is 9.59 Å². The molecule has 0 N–H and O–H groups in total. The molecule has 3 rings (SSSR count). The fourth-order valence-electron chi connectivity index (χ4n) is 2.61. The molecule has 5 heteroatoms. The van der Waals surface area contributed by atoms with Crippen molar-refractivity contribution in [3.63, 3.8) is 0 Å². The molecule has 0 radical (unpaired) electrons. The number of Topliss-reactive ketones (excluding diaryl/α,β-unsaturated/α-hetero) is 1. The summed E-state index contributed by atoms with van der Waals surface area (Å²) in [6.07, 6.45) is 3.87. The van der Waals surface area contributed by atoms with Gasteiger partial charge in [-0.3, -0.25) is 14.5 Å². The van der Waals surface area contributed by atoms with E-state index in [2.05, 4.69) is 0 Å². The summed E-state index contributed by atoms with van der Waals surface area (Å²) in [5.41, 5.74) is 3.22. The number of benzene rings is 2. The lowest BCUT2D eigenvalue weighted by Crippen LogP contribution is -2.27. The molecule has 1 fully saturated rings. The Kier molecular flexibility index (Phi) is 5.49. The van der Waals surface area contributed by atoms with E-state index < -0.39 is 0 Å². The molecule has 0 spiro atoms. The first-order chi connectivity index (χ1) is 12.5. The van der Waals surface area contributed by atoms with Crippen LogP contribution in [0, 0.1) is 0 Å². The Balaban J connectivity index is 1.88. The molecule has 1 saturated heterocycles. The van der Waals surface area contributed by atoms with Crippen molar-refractivity contribution in [2.24, 2.45) is 0 Å². The molecular formula is C21H17NO2S2. The number of thiocarbonyl (C=S) groups is 1. The van der Waals surface area contributed by atoms with Crippen LogP contribution in [0.15, 0.2) is 71.2 Å². The van der Waals surface area contributed by atoms with Crippen molar-refractivity contribution in [1.82, 2.24) is 0 Å². The lowest BCUT2D eigenvalue weighted by atomic mass is 10.1. The highest BCUT2D eigenvalue weighted by Gasteiger charge is 2.33. The van der Waals surface area contributed by atoms with E-state index in [1.165, 1.54) is 23.6 Å². The fourth-order valence-corrected chi connectivity index (χ4v) is 3.96. The van der Waals surface area contributed by atoms with Crippen molar-refractivity contribution >= 4 is 51.8 Å². The highest BCUT2D eigenvalue weighted by molar-refractivity contribution is 8.27. The van der Waals surface area contributed by atoms with Crippen LogP contribution in [0.2, 0.25) is 0 Å². The Hall–Kier alpha value is -2.50. The van der Waals surface area contributed by atoms with Crippen LogP contribution < -0.4 is 4.90 Å². The van der Waals surface area contributed by atoms with Crippen LogP contribution in [0.5, 0.6) is 0 Å². The van der Waals surface area contributed by atoms with Gasteiger partial charge in [-0.2, -0.15) is 0 Å². The van der Waals surface area contributed by atoms with Crippen LogP contribution >= 0.6 is 24.0 Å². The summed E-state index contributed by atoms with van der Waals surface area (Å²) < 4.78 is 0.467. The summed E-state index contributed by atoms with van der Waals surface area (Å²) in [5, 5.41) is 0. The third kappa shape index (κ3) is 4.00. The number of hydrogen-bond acceptors (Lipinski definition) is 4. The summed E-state index contributed by atoms with van der Waals surface area (Å²) in [5.74, 6) is -0.212. The van der Waals surface area contributed by atoms with E-state index in [-0.39, 0.29) is 11.7 Å². The van der Waals surface area contributed by atoms with Crippen molar-refractivity contribution in [3.8, 4) is 0 Å². The van der Waals surface area contributed by atoms with Crippen molar-refractivity contribution in [2.45, 2.75) is 13.8 Å². The van der Waals surface area contributed by atoms with Gasteiger partial charge in [0.25, 0.3) is 5.91 Å². The molecule has 0 aromatic heterocycles. The van der Waals surface area contributed by atoms with Crippen LogP contribution in [0.4, 0.5) is 5.69 Å². The van der Waals surface area contributed by atoms with Gasteiger partial charge in [-0.05, 0) is 43.2 Å². The SMILES string of the molecule is CC(=O)c1cccc(N2C(=O)/C(=C/C(C)=C/c3ccccc3)SC2=S)c1. The van der Waals surface area contributed by atoms with Gasteiger partial charge in [-0.25, -0.2) is 0 Å². The Morgan fingerprint density at radius 2 is 1.81 bits per heavy atom. The lowest BCUT2D eigenvalue weighted by Gasteiger charge is -2.15. The molecular weight excluding hydrogens is 362 g/mol. The van der Waals surface area contributed by atoms with Crippen LogP contribution in [-0.4, -0.2) is 16.0 Å². The molecule has 2 aromatic rings. The van der Waals surface area contributed by atoms with Crippen molar-refractivity contribution in [1.29, 1.82) is 0 Å². The third-order valence-corrected chi connectivity index (χ3v) is 5.16. The minimum Gasteiger partial charge on any atom is -0.295 e. The first-order valence-electron chi connectivity index (χ1n) is 8.08. The van der Waals surface area contributed by atoms with Crippen molar-refractivity contribution < 1.29 is 9.59 Å². The first kappa shape index (κ1) is 18.3. The van der Waals surface area contributed by atoms with Gasteiger partial charge in [-0.15, -0.1) is 0 Å². The number of ketones is 1. The van der Waals surface area contributed by atoms with E-state index in [1.807, 2.05) is 49.4 Å². The molecule has 3 nitrogen and oxygen atoms in total. The van der Waals surface area contributed by atoms with Crippen LogP contribution in [0.3, 0.4) is 0 Å². The highest BCUT2D eigenvalue weighted by Crippen LogP contribution is 2.35. The average molecular weight is 380 g/mol. The molecule has 0 unspecified atom stereocenters. The predicted molar refractivity (Wildman–Crippen MR) is 112 cm³/mol. The van der Waals surface area contributed by atoms with Crippen LogP contribution in [0.1, 0.15) is 29.8 Å². The van der Waals surface area contributed by atoms with E-state index in [1.54, 1.807) is 24.3 Å². The number of carbonyl (C=O) groups is 2. The van der Waals surface area contributed by atoms with Gasteiger partial charge in [0.1, 0.15) is 0 Å². The average Bonchev–Trinajstić information content (AvgIpc) is 2.89. The molecule has 2 aromatic carbocycles. The zero-order chi connectivity index (χ0) is 18.7. The van der Waals surface area contributed by atoms with Crippen molar-refractivity contribution in [2.75, 3.05) is 4.90 Å². The number of hydrogen-bond donors (Lipinski definition) is 0. The number of carbonyl (C=O) groups excluding carboxylic acids is 2. The van der Waals surface area contributed by atoms with Gasteiger partial charge in [0, 0.05) is 5.56 Å². The minimum atomic E-state index is -0.165. The largest absolute Gasteiger partial charge is 0.295 e. The van der Waals surface area contributed by atoms with Gasteiger partial charge in [0.2, 0.25) is 0 Å². The molecule has 0 atom stereocenters. The monoisotopic (exact) mass is 379 g/mol. The van der Waals surface area contributed by atoms with Gasteiger partial charge >= 0.3 is 0 Å². The number of thioether (sulfide) groups is 1. The second kappa shape index (κ2) is 7.81. The number of rotatable bonds is 4. The van der Waals surface area contributed by atoms with E-state index in [0.717, 1.165) is 11.1 Å². The molecule has 130 valence electrons. The zero-order valence-corrected chi connectivity index (χ0v) is 16.1. The smallest absolute Gasteiger partial charge is 0.270 e. The van der Waals surface area contributed by atoms with Crippen LogP contribution in [-0.2, 0) is 4.79 Å². The Labute approximate surface area is 162 Å². The first-order valence-corrected chi connectivity index (χ1v) is 9.30. The van der Waals surface area contributed by atoms with E-state index >= 15 is 0 Å². The van der Waals surface area contributed by atoms with Gasteiger partial charge in [-0.1, -0.05) is 72.5 Å². The molecule has 1 amide bonds. The molecule has 1 heterocycles. The number of allylic oxidation sites excluding steroid dienone is 2. The highest BCUT2D eigenvalue weighted by atomic mass is 32.2. The van der Waals surface area contributed by atoms with E-state index in [4.69, 9.17) is 12.2 Å². The van der Waals surface area contributed by atoms with Gasteiger partial charge < -0.3 is 0 Å². The van der Waals surface area contributed by atoms with Crippen molar-refractivity contribution in [3.05, 3.63) is 82.3 Å².